The Labute approximate surface area is 175 Å². The van der Waals surface area contributed by atoms with Gasteiger partial charge >= 0.3 is 0 Å². The van der Waals surface area contributed by atoms with Gasteiger partial charge in [-0.05, 0) is 69.2 Å². The van der Waals surface area contributed by atoms with Gasteiger partial charge in [-0.25, -0.2) is 0 Å². The number of rotatable bonds is 4. The zero-order valence-corrected chi connectivity index (χ0v) is 21.0. The van der Waals surface area contributed by atoms with Gasteiger partial charge in [-0.3, -0.25) is 0 Å². The zero-order chi connectivity index (χ0) is 20.8. The molecule has 0 radical (unpaired) electrons. The van der Waals surface area contributed by atoms with Crippen LogP contribution in [-0.4, -0.2) is 70.3 Å². The molecule has 4 N–H and O–H groups in total. The maximum Gasteiger partial charge on any atom is 0.0824 e. The summed E-state index contributed by atoms with van der Waals surface area (Å²) in [6, 6.07) is 0. The number of hydrogen-bond donors (Lipinski definition) is 4. The minimum absolute atomic E-state index is 0. The van der Waals surface area contributed by atoms with Crippen molar-refractivity contribution in [2.24, 2.45) is 0 Å². The van der Waals surface area contributed by atoms with E-state index in [2.05, 4.69) is 9.47 Å². The van der Waals surface area contributed by atoms with Crippen LogP contribution in [0.4, 0.5) is 0 Å². The van der Waals surface area contributed by atoms with Gasteiger partial charge in [0.2, 0.25) is 0 Å². The van der Waals surface area contributed by atoms with Crippen molar-refractivity contribution in [2.45, 2.75) is 91.6 Å². The summed E-state index contributed by atoms with van der Waals surface area (Å²) in [4.78, 5) is 0. The third kappa shape index (κ3) is 169. The molecule has 0 atom stereocenters. The second kappa shape index (κ2) is 16.8. The predicted octanol–water partition coefficient (Wildman–Crippen LogP) is 2.36. The van der Waals surface area contributed by atoms with Crippen LogP contribution in [0.3, 0.4) is 0 Å². The van der Waals surface area contributed by atoms with Crippen LogP contribution in [0.2, 0.25) is 0 Å². The molecule has 0 spiro atoms. The van der Waals surface area contributed by atoms with E-state index in [1.165, 1.54) is 0 Å². The normalized spacial score (nSPS) is 11.5. The van der Waals surface area contributed by atoms with Crippen LogP contribution < -0.4 is 0 Å². The van der Waals surface area contributed by atoms with Crippen molar-refractivity contribution in [1.29, 1.82) is 0 Å². The van der Waals surface area contributed by atoms with E-state index in [-0.39, 0.29) is 26.2 Å². The summed E-state index contributed by atoms with van der Waals surface area (Å²) < 4.78 is 9.31. The Morgan fingerprint density at radius 2 is 0.640 bits per heavy atom. The molecule has 0 aliphatic rings. The minimum atomic E-state index is -0.672. The Morgan fingerprint density at radius 1 is 0.520 bits per heavy atom. The molecule has 0 amide bonds. The third-order valence-electron chi connectivity index (χ3n) is 0.995. The molecule has 0 bridgehead atoms. The monoisotopic (exact) mass is 446 g/mol. The van der Waals surface area contributed by atoms with Gasteiger partial charge in [-0.2, -0.15) is 0 Å². The maximum atomic E-state index is 8.89. The van der Waals surface area contributed by atoms with Crippen molar-refractivity contribution in [2.75, 3.05) is 27.4 Å². The molecule has 0 aromatic rings. The summed E-state index contributed by atoms with van der Waals surface area (Å²) >= 11 is 0. The van der Waals surface area contributed by atoms with Gasteiger partial charge in [0.1, 0.15) is 0 Å². The molecule has 0 rings (SSSR count). The van der Waals surface area contributed by atoms with Crippen LogP contribution in [0, 0.1) is 0 Å². The average molecular weight is 448 g/mol. The molecule has 0 saturated heterocycles. The molecule has 0 aromatic carbocycles. The molecule has 0 aromatic heterocycles. The van der Waals surface area contributed by atoms with Gasteiger partial charge in [0.15, 0.2) is 0 Å². The molecular weight excluding hydrogens is 403 g/mol. The van der Waals surface area contributed by atoms with E-state index in [0.717, 1.165) is 0 Å². The SMILES string of the molecule is CC(C)(C)O.CC(C)(C)O.COCC(C)(C)O.COCC(C)(C)O.[Zr]. The summed E-state index contributed by atoms with van der Waals surface area (Å²) in [5, 5.41) is 34.8. The molecule has 0 aliphatic heterocycles. The molecule has 0 aliphatic carbocycles. The van der Waals surface area contributed by atoms with E-state index >= 15 is 0 Å². The van der Waals surface area contributed by atoms with Crippen LogP contribution in [0.15, 0.2) is 0 Å². The maximum absolute atomic E-state index is 8.89. The van der Waals surface area contributed by atoms with E-state index in [4.69, 9.17) is 20.4 Å². The largest absolute Gasteiger partial charge is 0.391 e. The topological polar surface area (TPSA) is 99.4 Å². The first-order valence-corrected chi connectivity index (χ1v) is 8.00. The van der Waals surface area contributed by atoms with Crippen molar-refractivity contribution >= 4 is 0 Å². The van der Waals surface area contributed by atoms with Gasteiger partial charge in [-0.1, -0.05) is 0 Å². The van der Waals surface area contributed by atoms with Crippen molar-refractivity contribution in [3.63, 3.8) is 0 Å². The van der Waals surface area contributed by atoms with Crippen LogP contribution in [0.5, 0.6) is 0 Å². The fourth-order valence-electron chi connectivity index (χ4n) is 0.706. The summed E-state index contributed by atoms with van der Waals surface area (Å²) in [6.07, 6.45) is 0. The first-order chi connectivity index (χ1) is 10.1. The van der Waals surface area contributed by atoms with Gasteiger partial charge in [0, 0.05) is 40.4 Å². The van der Waals surface area contributed by atoms with E-state index < -0.39 is 22.4 Å². The van der Waals surface area contributed by atoms with E-state index in [0.29, 0.717) is 13.2 Å². The molecule has 0 saturated carbocycles. The van der Waals surface area contributed by atoms with E-state index in [1.807, 2.05) is 0 Å². The van der Waals surface area contributed by atoms with Crippen LogP contribution in [0.25, 0.3) is 0 Å². The summed E-state index contributed by atoms with van der Waals surface area (Å²) in [5.41, 5.74) is -2.34. The number of hydrogen-bond acceptors (Lipinski definition) is 6. The molecule has 7 heteroatoms. The second-order valence-electron chi connectivity index (χ2n) is 8.83. The molecule has 6 nitrogen and oxygen atoms in total. The summed E-state index contributed by atoms with van der Waals surface area (Å²) in [6.45, 7) is 18.1. The Morgan fingerprint density at radius 3 is 0.640 bits per heavy atom. The van der Waals surface area contributed by atoms with Gasteiger partial charge in [-0.15, -0.1) is 0 Å². The molecular formula is C18H44O6Zr. The Bertz CT molecular complexity index is 217. The number of methoxy groups -OCH3 is 2. The van der Waals surface area contributed by atoms with Crippen LogP contribution in [0.1, 0.15) is 69.2 Å². The van der Waals surface area contributed by atoms with E-state index in [9.17, 15) is 0 Å². The second-order valence-corrected chi connectivity index (χ2v) is 8.83. The first kappa shape index (κ1) is 36.5. The summed E-state index contributed by atoms with van der Waals surface area (Å²) in [7, 11) is 3.13. The zero-order valence-electron chi connectivity index (χ0n) is 18.5. The number of aliphatic hydroxyl groups is 4. The fourth-order valence-corrected chi connectivity index (χ4v) is 0.706. The Hall–Kier alpha value is 0.643. The summed E-state index contributed by atoms with van der Waals surface area (Å²) in [5.74, 6) is 0. The standard InChI is InChI=1S/2C5H12O2.2C4H10O.Zr/c2*1-5(2,6)4-7-3;2*1-4(2,3)5;/h2*6H,4H2,1-3H3;2*5H,1-3H3;. The quantitative estimate of drug-likeness (QED) is 0.528. The molecule has 0 unspecified atom stereocenters. The molecule has 25 heavy (non-hydrogen) atoms. The van der Waals surface area contributed by atoms with Crippen molar-refractivity contribution in [3.8, 4) is 0 Å². The van der Waals surface area contributed by atoms with Crippen LogP contribution in [-0.2, 0) is 35.7 Å². The number of ether oxygens (including phenoxy) is 2. The predicted molar refractivity (Wildman–Crippen MR) is 100 cm³/mol. The van der Waals surface area contributed by atoms with Gasteiger partial charge in [0.05, 0.1) is 35.6 Å². The van der Waals surface area contributed by atoms with Crippen molar-refractivity contribution in [3.05, 3.63) is 0 Å². The van der Waals surface area contributed by atoms with Gasteiger partial charge < -0.3 is 29.9 Å². The third-order valence-corrected chi connectivity index (χ3v) is 0.995. The first-order valence-electron chi connectivity index (χ1n) is 8.00. The fraction of sp³-hybridized carbons (Fsp3) is 1.00. The average Bonchev–Trinajstić information content (AvgIpc) is 2.07. The smallest absolute Gasteiger partial charge is 0.0824 e. The molecule has 0 fully saturated rings. The molecule has 0 heterocycles. The van der Waals surface area contributed by atoms with Crippen molar-refractivity contribution < 1.29 is 56.1 Å². The van der Waals surface area contributed by atoms with E-state index in [1.54, 1.807) is 83.5 Å². The van der Waals surface area contributed by atoms with Crippen LogP contribution >= 0.6 is 0 Å². The Kier molecular flexibility index (Phi) is 24.5. The molecule has 156 valence electrons. The Balaban J connectivity index is -0.0000000711. The minimum Gasteiger partial charge on any atom is -0.391 e. The van der Waals surface area contributed by atoms with Crippen molar-refractivity contribution in [1.82, 2.24) is 0 Å². The van der Waals surface area contributed by atoms with Gasteiger partial charge in [0.25, 0.3) is 0 Å².